The van der Waals surface area contributed by atoms with E-state index in [9.17, 15) is 14.9 Å². The maximum atomic E-state index is 11.0. The Balaban J connectivity index is 0.00000242. The third-order valence-electron chi connectivity index (χ3n) is 3.70. The van der Waals surface area contributed by atoms with Crippen molar-refractivity contribution < 1.29 is 19.6 Å². The quantitative estimate of drug-likeness (QED) is 0.658. The number of carboxylic acids is 1. The Bertz CT molecular complexity index is 552. The summed E-state index contributed by atoms with van der Waals surface area (Å²) >= 11 is 0. The lowest BCUT2D eigenvalue weighted by atomic mass is 9.98. The topological polar surface area (TPSA) is 92.9 Å². The van der Waals surface area contributed by atoms with Crippen LogP contribution in [0.4, 0.5) is 5.69 Å². The van der Waals surface area contributed by atoms with E-state index >= 15 is 0 Å². The lowest BCUT2D eigenvalue weighted by molar-refractivity contribution is -0.385. The van der Waals surface area contributed by atoms with Gasteiger partial charge < -0.3 is 9.84 Å². The second-order valence-electron chi connectivity index (χ2n) is 5.18. The predicted molar refractivity (Wildman–Crippen MR) is 82.5 cm³/mol. The molecule has 1 aliphatic rings. The molecule has 0 aliphatic carbocycles. The number of methoxy groups -OCH3 is 1. The summed E-state index contributed by atoms with van der Waals surface area (Å²) in [6.07, 6.45) is 1.52. The number of likely N-dealkylation sites (tertiary alicyclic amines) is 1. The molecular weight excluding hydrogens is 312 g/mol. The fourth-order valence-corrected chi connectivity index (χ4v) is 2.64. The summed E-state index contributed by atoms with van der Waals surface area (Å²) in [4.78, 5) is 23.6. The monoisotopic (exact) mass is 330 g/mol. The summed E-state index contributed by atoms with van der Waals surface area (Å²) < 4.78 is 4.97. The second kappa shape index (κ2) is 7.95. The number of nitro benzene ring substituents is 1. The van der Waals surface area contributed by atoms with Crippen molar-refractivity contribution in [2.24, 2.45) is 5.92 Å². The average Bonchev–Trinajstić information content (AvgIpc) is 2.47. The first kappa shape index (κ1) is 18.2. The molecule has 1 unspecified atom stereocenters. The molecule has 1 aromatic carbocycles. The van der Waals surface area contributed by atoms with Gasteiger partial charge in [0.05, 0.1) is 18.0 Å². The van der Waals surface area contributed by atoms with Crippen molar-refractivity contribution in [2.45, 2.75) is 19.4 Å². The first-order chi connectivity index (χ1) is 10.0. The maximum absolute atomic E-state index is 11.0. The molecule has 0 bridgehead atoms. The molecule has 0 radical (unpaired) electrons. The first-order valence-corrected chi connectivity index (χ1v) is 6.77. The molecule has 7 nitrogen and oxygen atoms in total. The van der Waals surface area contributed by atoms with Crippen molar-refractivity contribution >= 4 is 24.1 Å². The van der Waals surface area contributed by atoms with E-state index in [1.165, 1.54) is 13.2 Å². The zero-order valence-electron chi connectivity index (χ0n) is 12.2. The van der Waals surface area contributed by atoms with Crippen molar-refractivity contribution in [3.8, 4) is 5.75 Å². The molecule has 8 heteroatoms. The second-order valence-corrected chi connectivity index (χ2v) is 5.18. The number of halogens is 1. The van der Waals surface area contributed by atoms with Gasteiger partial charge in [-0.15, -0.1) is 12.4 Å². The maximum Gasteiger partial charge on any atom is 0.311 e. The Morgan fingerprint density at radius 1 is 1.55 bits per heavy atom. The van der Waals surface area contributed by atoms with Crippen molar-refractivity contribution in [1.29, 1.82) is 0 Å². The number of piperidine rings is 1. The van der Waals surface area contributed by atoms with Crippen molar-refractivity contribution in [3.63, 3.8) is 0 Å². The van der Waals surface area contributed by atoms with E-state index in [0.717, 1.165) is 18.5 Å². The Labute approximate surface area is 134 Å². The highest BCUT2D eigenvalue weighted by molar-refractivity contribution is 5.85. The zero-order valence-corrected chi connectivity index (χ0v) is 13.0. The number of hydrogen-bond donors (Lipinski definition) is 1. The highest BCUT2D eigenvalue weighted by Crippen LogP contribution is 2.28. The zero-order chi connectivity index (χ0) is 15.4. The minimum Gasteiger partial charge on any atom is -0.490 e. The molecule has 0 aromatic heterocycles. The molecule has 1 N–H and O–H groups in total. The van der Waals surface area contributed by atoms with Crippen LogP contribution < -0.4 is 4.74 Å². The molecule has 1 aliphatic heterocycles. The van der Waals surface area contributed by atoms with Crippen molar-refractivity contribution in [3.05, 3.63) is 33.9 Å². The van der Waals surface area contributed by atoms with Gasteiger partial charge in [0.25, 0.3) is 0 Å². The summed E-state index contributed by atoms with van der Waals surface area (Å²) in [5.74, 6) is -0.904. The summed E-state index contributed by atoms with van der Waals surface area (Å²) in [5, 5.41) is 20.1. The number of carbonyl (C=O) groups is 1. The van der Waals surface area contributed by atoms with Gasteiger partial charge in [-0.3, -0.25) is 19.8 Å². The molecule has 22 heavy (non-hydrogen) atoms. The lowest BCUT2D eigenvalue weighted by Gasteiger charge is -2.30. The number of nitrogens with zero attached hydrogens (tertiary/aromatic N) is 2. The first-order valence-electron chi connectivity index (χ1n) is 6.77. The van der Waals surface area contributed by atoms with Crippen LogP contribution in [0.5, 0.6) is 5.75 Å². The SMILES string of the molecule is COc1ccc(CN2CCCC(C(=O)O)C2)cc1[N+](=O)[O-].Cl. The van der Waals surface area contributed by atoms with E-state index in [0.29, 0.717) is 19.5 Å². The molecule has 122 valence electrons. The van der Waals surface area contributed by atoms with E-state index in [-0.39, 0.29) is 29.8 Å². The predicted octanol–water partition coefficient (Wildman–Crippen LogP) is 2.32. The lowest BCUT2D eigenvalue weighted by Crippen LogP contribution is -2.38. The normalized spacial score (nSPS) is 18.3. The van der Waals surface area contributed by atoms with Crippen LogP contribution in [0.1, 0.15) is 18.4 Å². The van der Waals surface area contributed by atoms with Crippen LogP contribution in [0.25, 0.3) is 0 Å². The number of nitro groups is 1. The standard InChI is InChI=1S/C14H18N2O5.ClH/c1-21-13-5-4-10(7-12(13)16(19)20)8-15-6-2-3-11(9-15)14(17)18;/h4-5,7,11H,2-3,6,8-9H2,1H3,(H,17,18);1H. The summed E-state index contributed by atoms with van der Waals surface area (Å²) in [6, 6.07) is 4.84. The van der Waals surface area contributed by atoms with E-state index in [2.05, 4.69) is 0 Å². The third kappa shape index (κ3) is 4.32. The van der Waals surface area contributed by atoms with Gasteiger partial charge in [-0.1, -0.05) is 6.07 Å². The summed E-state index contributed by atoms with van der Waals surface area (Å²) in [7, 11) is 1.39. The van der Waals surface area contributed by atoms with E-state index in [4.69, 9.17) is 9.84 Å². The highest BCUT2D eigenvalue weighted by atomic mass is 35.5. The highest BCUT2D eigenvalue weighted by Gasteiger charge is 2.25. The molecule has 1 atom stereocenters. The van der Waals surface area contributed by atoms with Crippen molar-refractivity contribution in [2.75, 3.05) is 20.2 Å². The minimum absolute atomic E-state index is 0. The van der Waals surface area contributed by atoms with Crippen LogP contribution in [-0.2, 0) is 11.3 Å². The van der Waals surface area contributed by atoms with E-state index in [1.807, 2.05) is 4.90 Å². The Hall–Kier alpha value is -1.86. The molecule has 0 saturated carbocycles. The van der Waals surface area contributed by atoms with E-state index < -0.39 is 10.9 Å². The fourth-order valence-electron chi connectivity index (χ4n) is 2.64. The largest absolute Gasteiger partial charge is 0.490 e. The van der Waals surface area contributed by atoms with Gasteiger partial charge >= 0.3 is 11.7 Å². The fraction of sp³-hybridized carbons (Fsp3) is 0.500. The summed E-state index contributed by atoms with van der Waals surface area (Å²) in [6.45, 7) is 1.80. The molecule has 1 saturated heterocycles. The number of benzene rings is 1. The van der Waals surface area contributed by atoms with Gasteiger partial charge in [0.2, 0.25) is 0 Å². The van der Waals surface area contributed by atoms with E-state index in [1.54, 1.807) is 12.1 Å². The van der Waals surface area contributed by atoms with Gasteiger partial charge in [0, 0.05) is 19.2 Å². The van der Waals surface area contributed by atoms with Gasteiger partial charge in [0.1, 0.15) is 0 Å². The number of ether oxygens (including phenoxy) is 1. The Kier molecular flexibility index (Phi) is 6.58. The molecule has 2 rings (SSSR count). The molecular formula is C14H19ClN2O5. The van der Waals surface area contributed by atoms with Crippen LogP contribution in [0.3, 0.4) is 0 Å². The molecule has 0 amide bonds. The third-order valence-corrected chi connectivity index (χ3v) is 3.70. The van der Waals surface area contributed by atoms with Gasteiger partial charge in [0.15, 0.2) is 5.75 Å². The number of carboxylic acid groups (broad SMARTS) is 1. The number of hydrogen-bond acceptors (Lipinski definition) is 5. The van der Waals surface area contributed by atoms with Crippen molar-refractivity contribution in [1.82, 2.24) is 4.90 Å². The molecule has 1 aromatic rings. The Morgan fingerprint density at radius 2 is 2.27 bits per heavy atom. The smallest absolute Gasteiger partial charge is 0.311 e. The Morgan fingerprint density at radius 3 is 2.86 bits per heavy atom. The molecule has 1 heterocycles. The van der Waals surface area contributed by atoms with Crippen LogP contribution in [-0.4, -0.2) is 41.1 Å². The summed E-state index contributed by atoms with van der Waals surface area (Å²) in [5.41, 5.74) is 0.718. The van der Waals surface area contributed by atoms with Gasteiger partial charge in [-0.05, 0) is 31.0 Å². The van der Waals surface area contributed by atoms with Crippen LogP contribution in [0, 0.1) is 16.0 Å². The van der Waals surface area contributed by atoms with Gasteiger partial charge in [-0.25, -0.2) is 0 Å². The molecule has 1 fully saturated rings. The van der Waals surface area contributed by atoms with Crippen LogP contribution in [0.15, 0.2) is 18.2 Å². The van der Waals surface area contributed by atoms with Crippen LogP contribution >= 0.6 is 12.4 Å². The number of rotatable bonds is 5. The average molecular weight is 331 g/mol. The number of aliphatic carboxylic acids is 1. The minimum atomic E-state index is -0.777. The molecule has 0 spiro atoms. The van der Waals surface area contributed by atoms with Crippen LogP contribution in [0.2, 0.25) is 0 Å². The van der Waals surface area contributed by atoms with Gasteiger partial charge in [-0.2, -0.15) is 0 Å².